The van der Waals surface area contributed by atoms with E-state index < -0.39 is 0 Å². The van der Waals surface area contributed by atoms with Crippen LogP contribution < -0.4 is 4.74 Å². The minimum atomic E-state index is 0.135. The van der Waals surface area contributed by atoms with Crippen molar-refractivity contribution in [2.75, 3.05) is 38.7 Å². The summed E-state index contributed by atoms with van der Waals surface area (Å²) in [5.41, 5.74) is 0.747. The number of benzene rings is 1. The number of nitrogens with zero attached hydrogens (tertiary/aromatic N) is 2. The summed E-state index contributed by atoms with van der Waals surface area (Å²) in [7, 11) is 4.13. The normalized spacial score (nSPS) is 19.0. The highest BCUT2D eigenvalue weighted by atomic mass is 32.2. The van der Waals surface area contributed by atoms with Gasteiger partial charge in [0.05, 0.1) is 12.1 Å². The molecule has 23 heavy (non-hydrogen) atoms. The van der Waals surface area contributed by atoms with Gasteiger partial charge < -0.3 is 14.5 Å². The van der Waals surface area contributed by atoms with Crippen molar-refractivity contribution in [1.29, 1.82) is 0 Å². The van der Waals surface area contributed by atoms with Crippen LogP contribution in [0.2, 0.25) is 0 Å². The maximum atomic E-state index is 12.9. The second-order valence-electron chi connectivity index (χ2n) is 6.53. The second-order valence-corrected chi connectivity index (χ2v) is 7.68. The van der Waals surface area contributed by atoms with Crippen LogP contribution in [0.1, 0.15) is 30.6 Å². The number of hydrogen-bond acceptors (Lipinski definition) is 4. The smallest absolute Gasteiger partial charge is 0.254 e. The molecule has 1 aliphatic rings. The van der Waals surface area contributed by atoms with E-state index in [0.717, 1.165) is 42.3 Å². The number of hydrogen-bond donors (Lipinski definition) is 0. The summed E-state index contributed by atoms with van der Waals surface area (Å²) in [6.45, 7) is 5.75. The topological polar surface area (TPSA) is 32.8 Å². The molecule has 0 unspecified atom stereocenters. The summed E-state index contributed by atoms with van der Waals surface area (Å²) in [5.74, 6) is 3.09. The Morgan fingerprint density at radius 2 is 2.04 bits per heavy atom. The molecule has 0 aliphatic carbocycles. The summed E-state index contributed by atoms with van der Waals surface area (Å²) in [6.07, 6.45) is 1.21. The number of rotatable bonds is 5. The monoisotopic (exact) mass is 336 g/mol. The quantitative estimate of drug-likeness (QED) is 0.827. The zero-order valence-electron chi connectivity index (χ0n) is 14.6. The lowest BCUT2D eigenvalue weighted by atomic mass is 10.1. The van der Waals surface area contributed by atoms with E-state index in [1.54, 1.807) is 0 Å². The van der Waals surface area contributed by atoms with Gasteiger partial charge in [-0.2, -0.15) is 11.8 Å². The molecule has 1 amide bonds. The largest absolute Gasteiger partial charge is 0.491 e. The van der Waals surface area contributed by atoms with Gasteiger partial charge in [-0.15, -0.1) is 0 Å². The van der Waals surface area contributed by atoms with Crippen molar-refractivity contribution in [1.82, 2.24) is 9.80 Å². The van der Waals surface area contributed by atoms with Crippen LogP contribution in [0.5, 0.6) is 5.75 Å². The van der Waals surface area contributed by atoms with Gasteiger partial charge in [-0.05, 0) is 64.4 Å². The number of ether oxygens (including phenoxy) is 1. The standard InChI is InChI=1S/C18H28N2O2S/c1-14(2)22-17-8-6-15(7-9-17)18(21)20-10-5-11-23-13-16(20)12-19(3)4/h6-9,14,16H,5,10-13H2,1-4H3/t16-/m0/s1. The van der Waals surface area contributed by atoms with Gasteiger partial charge in [0, 0.05) is 24.4 Å². The molecule has 1 atom stereocenters. The first-order valence-electron chi connectivity index (χ1n) is 8.27. The molecule has 4 nitrogen and oxygen atoms in total. The molecule has 5 heteroatoms. The minimum Gasteiger partial charge on any atom is -0.491 e. The SMILES string of the molecule is CC(C)Oc1ccc(C(=O)N2CCCSC[C@@H]2CN(C)C)cc1. The van der Waals surface area contributed by atoms with E-state index >= 15 is 0 Å². The Hall–Kier alpha value is -1.20. The van der Waals surface area contributed by atoms with Crippen LogP contribution in [0.15, 0.2) is 24.3 Å². The highest BCUT2D eigenvalue weighted by Crippen LogP contribution is 2.21. The zero-order chi connectivity index (χ0) is 16.8. The van der Waals surface area contributed by atoms with Gasteiger partial charge in [0.2, 0.25) is 0 Å². The van der Waals surface area contributed by atoms with Gasteiger partial charge in [-0.25, -0.2) is 0 Å². The van der Waals surface area contributed by atoms with E-state index in [4.69, 9.17) is 4.74 Å². The lowest BCUT2D eigenvalue weighted by Gasteiger charge is -2.31. The summed E-state index contributed by atoms with van der Waals surface area (Å²) in [6, 6.07) is 7.81. The third-order valence-electron chi connectivity index (χ3n) is 3.75. The van der Waals surface area contributed by atoms with Crippen LogP contribution in [0.4, 0.5) is 0 Å². The zero-order valence-corrected chi connectivity index (χ0v) is 15.4. The van der Waals surface area contributed by atoms with Crippen molar-refractivity contribution in [2.24, 2.45) is 0 Å². The summed E-state index contributed by atoms with van der Waals surface area (Å²) in [4.78, 5) is 17.2. The molecule has 2 rings (SSSR count). The van der Waals surface area contributed by atoms with Crippen LogP contribution >= 0.6 is 11.8 Å². The van der Waals surface area contributed by atoms with Gasteiger partial charge >= 0.3 is 0 Å². The van der Waals surface area contributed by atoms with Crippen molar-refractivity contribution < 1.29 is 9.53 Å². The van der Waals surface area contributed by atoms with Crippen LogP contribution in [0.3, 0.4) is 0 Å². The van der Waals surface area contributed by atoms with E-state index in [0.29, 0.717) is 0 Å². The average Bonchev–Trinajstić information content (AvgIpc) is 2.71. The molecule has 1 aromatic rings. The van der Waals surface area contributed by atoms with Gasteiger partial charge in [-0.3, -0.25) is 4.79 Å². The first kappa shape index (κ1) is 18.1. The van der Waals surface area contributed by atoms with Gasteiger partial charge in [-0.1, -0.05) is 0 Å². The lowest BCUT2D eigenvalue weighted by Crippen LogP contribution is -2.46. The molecule has 0 radical (unpaired) electrons. The predicted octanol–water partition coefficient (Wildman–Crippen LogP) is 2.98. The van der Waals surface area contributed by atoms with Crippen LogP contribution in [0.25, 0.3) is 0 Å². The predicted molar refractivity (Wildman–Crippen MR) is 97.5 cm³/mol. The fourth-order valence-corrected chi connectivity index (χ4v) is 3.84. The Morgan fingerprint density at radius 3 is 2.65 bits per heavy atom. The fourth-order valence-electron chi connectivity index (χ4n) is 2.78. The summed E-state index contributed by atoms with van der Waals surface area (Å²) >= 11 is 1.95. The molecule has 1 saturated heterocycles. The van der Waals surface area contributed by atoms with Gasteiger partial charge in [0.15, 0.2) is 0 Å². The maximum absolute atomic E-state index is 12.9. The molecule has 1 heterocycles. The van der Waals surface area contributed by atoms with Crippen LogP contribution in [-0.4, -0.2) is 66.5 Å². The molecular weight excluding hydrogens is 308 g/mol. The Morgan fingerprint density at radius 1 is 1.35 bits per heavy atom. The molecule has 0 bridgehead atoms. The van der Waals surface area contributed by atoms with Crippen molar-refractivity contribution in [3.05, 3.63) is 29.8 Å². The molecule has 128 valence electrons. The van der Waals surface area contributed by atoms with Crippen molar-refractivity contribution in [3.8, 4) is 5.75 Å². The summed E-state index contributed by atoms with van der Waals surface area (Å²) in [5, 5.41) is 0. The van der Waals surface area contributed by atoms with E-state index in [1.165, 1.54) is 0 Å². The minimum absolute atomic E-state index is 0.135. The molecule has 0 N–H and O–H groups in total. The van der Waals surface area contributed by atoms with Gasteiger partial charge in [0.1, 0.15) is 5.75 Å². The molecule has 1 fully saturated rings. The number of thioether (sulfide) groups is 1. The molecular formula is C18H28N2O2S. The molecule has 0 aromatic heterocycles. The Kier molecular flexibility index (Phi) is 6.78. The Labute approximate surface area is 144 Å². The molecule has 0 spiro atoms. The number of carbonyl (C=O) groups excluding carboxylic acids is 1. The Bertz CT molecular complexity index is 502. The van der Waals surface area contributed by atoms with E-state index in [1.807, 2.05) is 49.9 Å². The third-order valence-corrected chi connectivity index (χ3v) is 4.95. The molecule has 1 aliphatic heterocycles. The number of carbonyl (C=O) groups is 1. The van der Waals surface area contributed by atoms with Gasteiger partial charge in [0.25, 0.3) is 5.91 Å². The lowest BCUT2D eigenvalue weighted by molar-refractivity contribution is 0.0675. The van der Waals surface area contributed by atoms with Crippen molar-refractivity contribution in [2.45, 2.75) is 32.4 Å². The third kappa shape index (κ3) is 5.43. The second kappa shape index (κ2) is 8.60. The summed E-state index contributed by atoms with van der Waals surface area (Å²) < 4.78 is 5.65. The van der Waals surface area contributed by atoms with Crippen molar-refractivity contribution >= 4 is 17.7 Å². The highest BCUT2D eigenvalue weighted by Gasteiger charge is 2.26. The fraction of sp³-hybridized carbons (Fsp3) is 0.611. The number of likely N-dealkylation sites (N-methyl/N-ethyl adjacent to an activating group) is 1. The Balaban J connectivity index is 2.11. The number of amides is 1. The van der Waals surface area contributed by atoms with E-state index in [2.05, 4.69) is 23.9 Å². The van der Waals surface area contributed by atoms with E-state index in [-0.39, 0.29) is 18.1 Å². The highest BCUT2D eigenvalue weighted by molar-refractivity contribution is 7.99. The van der Waals surface area contributed by atoms with Crippen molar-refractivity contribution in [3.63, 3.8) is 0 Å². The van der Waals surface area contributed by atoms with Crippen LogP contribution in [-0.2, 0) is 0 Å². The van der Waals surface area contributed by atoms with Crippen LogP contribution in [0, 0.1) is 0 Å². The van der Waals surface area contributed by atoms with E-state index in [9.17, 15) is 4.79 Å². The molecule has 0 saturated carbocycles. The average molecular weight is 337 g/mol. The first-order valence-corrected chi connectivity index (χ1v) is 9.43. The first-order chi connectivity index (χ1) is 11.0. The maximum Gasteiger partial charge on any atom is 0.254 e. The molecule has 1 aromatic carbocycles.